The summed E-state index contributed by atoms with van der Waals surface area (Å²) in [5.74, 6) is -0.927. The maximum Gasteiger partial charge on any atom is 0.337 e. The van der Waals surface area contributed by atoms with E-state index in [9.17, 15) is 14.7 Å². The number of ether oxygens (including phenoxy) is 1. The van der Waals surface area contributed by atoms with Gasteiger partial charge in [0, 0.05) is 0 Å². The van der Waals surface area contributed by atoms with Gasteiger partial charge in [0.1, 0.15) is 5.75 Å². The standard InChI is InChI=1S/C17H23NO5/c1-16(22,15(20)21)11-18-14(19)17(8-3-4-9-17)12-6-5-7-13(10-12)23-2/h5-7,10,22H,3-4,8-9,11H2,1-2H3,(H,18,19)(H,20,21). The zero-order valence-electron chi connectivity index (χ0n) is 13.5. The van der Waals surface area contributed by atoms with Crippen LogP contribution in [0.1, 0.15) is 38.2 Å². The van der Waals surface area contributed by atoms with E-state index in [2.05, 4.69) is 5.32 Å². The third kappa shape index (κ3) is 3.47. The van der Waals surface area contributed by atoms with Crippen LogP contribution in [-0.4, -0.2) is 41.3 Å². The Hall–Kier alpha value is -2.08. The molecule has 1 aliphatic rings. The van der Waals surface area contributed by atoms with E-state index in [0.29, 0.717) is 18.6 Å². The maximum absolute atomic E-state index is 12.8. The monoisotopic (exact) mass is 321 g/mol. The lowest BCUT2D eigenvalue weighted by molar-refractivity contribution is -0.156. The van der Waals surface area contributed by atoms with Gasteiger partial charge in [-0.15, -0.1) is 0 Å². The second-order valence-corrected chi connectivity index (χ2v) is 6.28. The quantitative estimate of drug-likeness (QED) is 0.737. The summed E-state index contributed by atoms with van der Waals surface area (Å²) in [6.07, 6.45) is 3.25. The van der Waals surface area contributed by atoms with Crippen LogP contribution >= 0.6 is 0 Å². The van der Waals surface area contributed by atoms with E-state index in [4.69, 9.17) is 9.84 Å². The van der Waals surface area contributed by atoms with Crippen LogP contribution in [0.4, 0.5) is 0 Å². The molecule has 1 saturated carbocycles. The summed E-state index contributed by atoms with van der Waals surface area (Å²) in [5, 5.41) is 21.3. The number of carboxylic acids is 1. The molecule has 0 aromatic heterocycles. The molecular formula is C17H23NO5. The third-order valence-corrected chi connectivity index (χ3v) is 4.57. The molecule has 0 saturated heterocycles. The van der Waals surface area contributed by atoms with Crippen molar-refractivity contribution in [2.24, 2.45) is 0 Å². The van der Waals surface area contributed by atoms with Crippen molar-refractivity contribution in [3.05, 3.63) is 29.8 Å². The fourth-order valence-electron chi connectivity index (χ4n) is 3.04. The average molecular weight is 321 g/mol. The van der Waals surface area contributed by atoms with E-state index < -0.39 is 17.0 Å². The summed E-state index contributed by atoms with van der Waals surface area (Å²) in [7, 11) is 1.57. The van der Waals surface area contributed by atoms with Gasteiger partial charge in [-0.2, -0.15) is 0 Å². The molecule has 0 radical (unpaired) electrons. The zero-order valence-corrected chi connectivity index (χ0v) is 13.5. The predicted octanol–water partition coefficient (Wildman–Crippen LogP) is 1.46. The first kappa shape index (κ1) is 17.3. The van der Waals surface area contributed by atoms with Gasteiger partial charge in [-0.05, 0) is 37.5 Å². The molecule has 1 atom stereocenters. The van der Waals surface area contributed by atoms with E-state index in [1.54, 1.807) is 7.11 Å². The van der Waals surface area contributed by atoms with Crippen LogP contribution in [0.3, 0.4) is 0 Å². The number of aliphatic carboxylic acids is 1. The maximum atomic E-state index is 12.8. The lowest BCUT2D eigenvalue weighted by Gasteiger charge is -2.30. The number of carbonyl (C=O) groups is 2. The van der Waals surface area contributed by atoms with Gasteiger partial charge in [0.2, 0.25) is 5.91 Å². The van der Waals surface area contributed by atoms with Crippen LogP contribution in [-0.2, 0) is 15.0 Å². The molecule has 1 aliphatic carbocycles. The number of carbonyl (C=O) groups excluding carboxylic acids is 1. The molecule has 1 aromatic carbocycles. The Labute approximate surface area is 135 Å². The van der Waals surface area contributed by atoms with Crippen LogP contribution in [0, 0.1) is 0 Å². The molecule has 0 bridgehead atoms. The van der Waals surface area contributed by atoms with Gasteiger partial charge in [0.25, 0.3) is 0 Å². The Balaban J connectivity index is 2.23. The minimum Gasteiger partial charge on any atom is -0.497 e. The lowest BCUT2D eigenvalue weighted by Crippen LogP contribution is -2.51. The molecule has 6 nitrogen and oxygen atoms in total. The van der Waals surface area contributed by atoms with E-state index in [1.807, 2.05) is 24.3 Å². The summed E-state index contributed by atoms with van der Waals surface area (Å²) in [4.78, 5) is 23.8. The number of amides is 1. The van der Waals surface area contributed by atoms with Crippen molar-refractivity contribution in [1.29, 1.82) is 0 Å². The van der Waals surface area contributed by atoms with Crippen molar-refractivity contribution in [1.82, 2.24) is 5.32 Å². The van der Waals surface area contributed by atoms with Gasteiger partial charge in [0.05, 0.1) is 19.1 Å². The van der Waals surface area contributed by atoms with Crippen molar-refractivity contribution >= 4 is 11.9 Å². The van der Waals surface area contributed by atoms with E-state index in [1.165, 1.54) is 6.92 Å². The first-order chi connectivity index (χ1) is 10.8. The first-order valence-corrected chi connectivity index (χ1v) is 7.70. The molecule has 126 valence electrons. The summed E-state index contributed by atoms with van der Waals surface area (Å²) in [5.41, 5.74) is -1.81. The first-order valence-electron chi connectivity index (χ1n) is 7.70. The van der Waals surface area contributed by atoms with Gasteiger partial charge in [-0.25, -0.2) is 4.79 Å². The Bertz CT molecular complexity index is 590. The molecule has 1 aromatic rings. The van der Waals surface area contributed by atoms with Crippen molar-refractivity contribution in [3.63, 3.8) is 0 Å². The highest BCUT2D eigenvalue weighted by atomic mass is 16.5. The van der Waals surface area contributed by atoms with Gasteiger partial charge in [-0.1, -0.05) is 25.0 Å². The summed E-state index contributed by atoms with van der Waals surface area (Å²) in [6, 6.07) is 7.40. The minimum absolute atomic E-state index is 0.246. The number of hydrogen-bond donors (Lipinski definition) is 3. The molecule has 2 rings (SSSR count). The molecule has 0 aliphatic heterocycles. The van der Waals surface area contributed by atoms with E-state index in [0.717, 1.165) is 18.4 Å². The molecule has 0 spiro atoms. The number of benzene rings is 1. The number of hydrogen-bond acceptors (Lipinski definition) is 4. The van der Waals surface area contributed by atoms with Crippen LogP contribution in [0.2, 0.25) is 0 Å². The molecule has 23 heavy (non-hydrogen) atoms. The van der Waals surface area contributed by atoms with Gasteiger partial charge in [-0.3, -0.25) is 4.79 Å². The largest absolute Gasteiger partial charge is 0.497 e. The Morgan fingerprint density at radius 1 is 1.35 bits per heavy atom. The van der Waals surface area contributed by atoms with Crippen molar-refractivity contribution < 1.29 is 24.5 Å². The molecule has 6 heteroatoms. The summed E-state index contributed by atoms with van der Waals surface area (Å²) >= 11 is 0. The number of methoxy groups -OCH3 is 1. The highest BCUT2D eigenvalue weighted by Crippen LogP contribution is 2.42. The summed E-state index contributed by atoms with van der Waals surface area (Å²) < 4.78 is 5.24. The van der Waals surface area contributed by atoms with E-state index in [-0.39, 0.29) is 12.5 Å². The highest BCUT2D eigenvalue weighted by Gasteiger charge is 2.43. The second kappa shape index (κ2) is 6.58. The molecule has 1 amide bonds. The highest BCUT2D eigenvalue weighted by molar-refractivity contribution is 5.89. The molecule has 3 N–H and O–H groups in total. The van der Waals surface area contributed by atoms with Gasteiger partial charge < -0.3 is 20.3 Å². The fraction of sp³-hybridized carbons (Fsp3) is 0.529. The lowest BCUT2D eigenvalue weighted by atomic mass is 9.77. The van der Waals surface area contributed by atoms with Crippen LogP contribution in [0.5, 0.6) is 5.75 Å². The minimum atomic E-state index is -1.98. The van der Waals surface area contributed by atoms with Gasteiger partial charge >= 0.3 is 5.97 Å². The number of carboxylic acid groups (broad SMARTS) is 1. The van der Waals surface area contributed by atoms with Crippen molar-refractivity contribution in [2.45, 2.75) is 43.6 Å². The number of rotatable bonds is 6. The van der Waals surface area contributed by atoms with Gasteiger partial charge in [0.15, 0.2) is 5.60 Å². The molecular weight excluding hydrogens is 298 g/mol. The predicted molar refractivity (Wildman–Crippen MR) is 84.4 cm³/mol. The molecule has 0 heterocycles. The number of aliphatic hydroxyl groups is 1. The summed E-state index contributed by atoms with van der Waals surface area (Å²) in [6.45, 7) is 0.843. The van der Waals surface area contributed by atoms with Crippen LogP contribution in [0.25, 0.3) is 0 Å². The topological polar surface area (TPSA) is 95.9 Å². The molecule has 1 fully saturated rings. The fourth-order valence-corrected chi connectivity index (χ4v) is 3.04. The van der Waals surface area contributed by atoms with Crippen molar-refractivity contribution in [2.75, 3.05) is 13.7 Å². The molecule has 1 unspecified atom stereocenters. The Kier molecular flexibility index (Phi) is 4.94. The van der Waals surface area contributed by atoms with Crippen LogP contribution < -0.4 is 10.1 Å². The SMILES string of the molecule is COc1cccc(C2(C(=O)NCC(C)(O)C(=O)O)CCCC2)c1. The Morgan fingerprint density at radius 3 is 2.57 bits per heavy atom. The average Bonchev–Trinajstić information content (AvgIpc) is 3.03. The van der Waals surface area contributed by atoms with Crippen LogP contribution in [0.15, 0.2) is 24.3 Å². The number of nitrogens with one attached hydrogen (secondary N) is 1. The third-order valence-electron chi connectivity index (χ3n) is 4.57. The smallest absolute Gasteiger partial charge is 0.337 e. The second-order valence-electron chi connectivity index (χ2n) is 6.28. The normalized spacial score (nSPS) is 18.9. The zero-order chi connectivity index (χ0) is 17.1. The van der Waals surface area contributed by atoms with E-state index >= 15 is 0 Å². The Morgan fingerprint density at radius 2 is 2.00 bits per heavy atom. The van der Waals surface area contributed by atoms with Crippen molar-refractivity contribution in [3.8, 4) is 5.75 Å².